The number of halogens is 2. The highest BCUT2D eigenvalue weighted by molar-refractivity contribution is 5.85. The SMILES string of the molecule is CNCCCN1CCC(OC(=O)OC2CCN(CCCNC)CC2)CC1.Cl.Cl. The number of hydrogen-bond acceptors (Lipinski definition) is 7. The molecule has 0 atom stereocenters. The lowest BCUT2D eigenvalue weighted by atomic mass is 10.1. The van der Waals surface area contributed by atoms with Gasteiger partial charge >= 0.3 is 6.16 Å². The van der Waals surface area contributed by atoms with Crippen LogP contribution in [-0.4, -0.2) is 94.6 Å². The van der Waals surface area contributed by atoms with Gasteiger partial charge in [0.2, 0.25) is 0 Å². The van der Waals surface area contributed by atoms with Crippen molar-refractivity contribution in [2.24, 2.45) is 0 Å². The van der Waals surface area contributed by atoms with Crippen LogP contribution in [0.4, 0.5) is 4.79 Å². The van der Waals surface area contributed by atoms with Crippen LogP contribution in [-0.2, 0) is 9.47 Å². The average molecular weight is 443 g/mol. The summed E-state index contributed by atoms with van der Waals surface area (Å²) in [4.78, 5) is 17.0. The van der Waals surface area contributed by atoms with Gasteiger partial charge in [0, 0.05) is 26.2 Å². The van der Waals surface area contributed by atoms with Crippen molar-refractivity contribution in [2.45, 2.75) is 50.7 Å². The zero-order valence-electron chi connectivity index (χ0n) is 17.5. The van der Waals surface area contributed by atoms with Crippen molar-refractivity contribution in [3.05, 3.63) is 0 Å². The molecule has 9 heteroatoms. The van der Waals surface area contributed by atoms with E-state index in [1.807, 2.05) is 14.1 Å². The lowest BCUT2D eigenvalue weighted by molar-refractivity contribution is -0.0320. The van der Waals surface area contributed by atoms with Gasteiger partial charge in [-0.15, -0.1) is 24.8 Å². The lowest BCUT2D eigenvalue weighted by Crippen LogP contribution is -2.41. The number of likely N-dealkylation sites (tertiary alicyclic amines) is 2. The molecule has 168 valence electrons. The van der Waals surface area contributed by atoms with E-state index < -0.39 is 6.16 Å². The summed E-state index contributed by atoms with van der Waals surface area (Å²) in [6, 6.07) is 0. The third-order valence-electron chi connectivity index (χ3n) is 5.40. The molecule has 2 saturated heterocycles. The van der Waals surface area contributed by atoms with Gasteiger partial charge in [0.05, 0.1) is 0 Å². The van der Waals surface area contributed by atoms with Gasteiger partial charge < -0.3 is 29.9 Å². The highest BCUT2D eigenvalue weighted by Gasteiger charge is 2.26. The van der Waals surface area contributed by atoms with Crippen LogP contribution in [0.15, 0.2) is 0 Å². The van der Waals surface area contributed by atoms with Gasteiger partial charge in [0.1, 0.15) is 12.2 Å². The third kappa shape index (κ3) is 11.0. The molecule has 0 spiro atoms. The molecule has 2 aliphatic rings. The zero-order chi connectivity index (χ0) is 18.6. The maximum atomic E-state index is 12.1. The molecule has 2 heterocycles. The first-order valence-corrected chi connectivity index (χ1v) is 10.3. The molecule has 2 N–H and O–H groups in total. The minimum atomic E-state index is -0.465. The van der Waals surface area contributed by atoms with E-state index in [-0.39, 0.29) is 37.0 Å². The van der Waals surface area contributed by atoms with E-state index in [0.29, 0.717) is 0 Å². The molecule has 0 radical (unpaired) electrons. The van der Waals surface area contributed by atoms with Gasteiger partial charge in [-0.1, -0.05) is 0 Å². The second kappa shape index (κ2) is 16.5. The molecule has 0 saturated carbocycles. The van der Waals surface area contributed by atoms with Crippen molar-refractivity contribution in [1.29, 1.82) is 0 Å². The second-order valence-electron chi connectivity index (χ2n) is 7.48. The molecule has 0 aromatic heterocycles. The summed E-state index contributed by atoms with van der Waals surface area (Å²) in [5.41, 5.74) is 0. The highest BCUT2D eigenvalue weighted by Crippen LogP contribution is 2.18. The van der Waals surface area contributed by atoms with E-state index in [4.69, 9.17) is 9.47 Å². The molecular weight excluding hydrogens is 403 g/mol. The number of nitrogens with one attached hydrogen (secondary N) is 2. The molecule has 0 aromatic carbocycles. The Hall–Kier alpha value is -0.310. The Labute approximate surface area is 183 Å². The fourth-order valence-corrected chi connectivity index (χ4v) is 3.76. The van der Waals surface area contributed by atoms with Crippen molar-refractivity contribution in [2.75, 3.05) is 66.5 Å². The predicted molar refractivity (Wildman–Crippen MR) is 118 cm³/mol. The monoisotopic (exact) mass is 442 g/mol. The summed E-state index contributed by atoms with van der Waals surface area (Å²) in [5, 5.41) is 6.36. The Morgan fingerprint density at radius 1 is 0.786 bits per heavy atom. The Morgan fingerprint density at radius 3 is 1.46 bits per heavy atom. The largest absolute Gasteiger partial charge is 0.508 e. The van der Waals surface area contributed by atoms with E-state index in [1.54, 1.807) is 0 Å². The van der Waals surface area contributed by atoms with Gasteiger partial charge in [-0.25, -0.2) is 4.79 Å². The molecule has 2 rings (SSSR count). The summed E-state index contributed by atoms with van der Waals surface area (Å²) in [6.07, 6.45) is 5.56. The molecule has 28 heavy (non-hydrogen) atoms. The van der Waals surface area contributed by atoms with E-state index >= 15 is 0 Å². The Kier molecular flexibility index (Phi) is 16.3. The fourth-order valence-electron chi connectivity index (χ4n) is 3.76. The van der Waals surface area contributed by atoms with E-state index in [1.165, 1.54) is 0 Å². The quantitative estimate of drug-likeness (QED) is 0.396. The molecule has 0 unspecified atom stereocenters. The maximum absolute atomic E-state index is 12.1. The van der Waals surface area contributed by atoms with Gasteiger partial charge in [-0.3, -0.25) is 0 Å². The van der Waals surface area contributed by atoms with Crippen molar-refractivity contribution < 1.29 is 14.3 Å². The molecule has 0 aromatic rings. The number of carbonyl (C=O) groups is 1. The highest BCUT2D eigenvalue weighted by atomic mass is 35.5. The number of hydrogen-bond donors (Lipinski definition) is 2. The number of piperidine rings is 2. The summed E-state index contributed by atoms with van der Waals surface area (Å²) in [7, 11) is 3.97. The van der Waals surface area contributed by atoms with Crippen LogP contribution in [0, 0.1) is 0 Å². The summed E-state index contributed by atoms with van der Waals surface area (Å²) < 4.78 is 11.1. The second-order valence-corrected chi connectivity index (χ2v) is 7.48. The maximum Gasteiger partial charge on any atom is 0.508 e. The van der Waals surface area contributed by atoms with Crippen molar-refractivity contribution in [3.63, 3.8) is 0 Å². The Bertz CT molecular complexity index is 357. The molecular formula is C19H40Cl2N4O3. The number of carbonyl (C=O) groups excluding carboxylic acids is 1. The van der Waals surface area contributed by atoms with Gasteiger partial charge in [0.25, 0.3) is 0 Å². The van der Waals surface area contributed by atoms with Gasteiger partial charge in [-0.05, 0) is 78.8 Å². The smallest absolute Gasteiger partial charge is 0.431 e. The normalized spacial score (nSPS) is 19.5. The van der Waals surface area contributed by atoms with E-state index in [0.717, 1.165) is 90.9 Å². The Balaban J connectivity index is 0.00000364. The summed E-state index contributed by atoms with van der Waals surface area (Å²) in [5.74, 6) is 0. The molecule has 0 amide bonds. The molecule has 0 bridgehead atoms. The van der Waals surface area contributed by atoms with Crippen LogP contribution >= 0.6 is 24.8 Å². The van der Waals surface area contributed by atoms with Gasteiger partial charge in [0.15, 0.2) is 0 Å². The van der Waals surface area contributed by atoms with E-state index in [9.17, 15) is 4.79 Å². The molecule has 0 aliphatic carbocycles. The van der Waals surface area contributed by atoms with Crippen LogP contribution in [0.1, 0.15) is 38.5 Å². The first-order valence-electron chi connectivity index (χ1n) is 10.3. The lowest BCUT2D eigenvalue weighted by Gasteiger charge is -2.33. The average Bonchev–Trinajstić information content (AvgIpc) is 2.65. The van der Waals surface area contributed by atoms with Crippen LogP contribution < -0.4 is 10.6 Å². The first-order chi connectivity index (χ1) is 12.7. The fraction of sp³-hybridized carbons (Fsp3) is 0.947. The summed E-state index contributed by atoms with van der Waals surface area (Å²) in [6.45, 7) is 8.36. The minimum Gasteiger partial charge on any atom is -0.431 e. The van der Waals surface area contributed by atoms with Crippen LogP contribution in [0.2, 0.25) is 0 Å². The number of ether oxygens (including phenoxy) is 2. The minimum absolute atomic E-state index is 0. The topological polar surface area (TPSA) is 66.1 Å². The predicted octanol–water partition coefficient (Wildman–Crippen LogP) is 2.13. The van der Waals surface area contributed by atoms with Crippen molar-refractivity contribution in [1.82, 2.24) is 20.4 Å². The van der Waals surface area contributed by atoms with Crippen LogP contribution in [0.25, 0.3) is 0 Å². The van der Waals surface area contributed by atoms with Crippen molar-refractivity contribution in [3.8, 4) is 0 Å². The number of rotatable bonds is 10. The van der Waals surface area contributed by atoms with Crippen LogP contribution in [0.3, 0.4) is 0 Å². The molecule has 2 aliphatic heterocycles. The van der Waals surface area contributed by atoms with Gasteiger partial charge in [-0.2, -0.15) is 0 Å². The molecule has 7 nitrogen and oxygen atoms in total. The van der Waals surface area contributed by atoms with Crippen LogP contribution in [0.5, 0.6) is 0 Å². The third-order valence-corrected chi connectivity index (χ3v) is 5.40. The zero-order valence-corrected chi connectivity index (χ0v) is 19.1. The summed E-state index contributed by atoms with van der Waals surface area (Å²) >= 11 is 0. The molecule has 2 fully saturated rings. The van der Waals surface area contributed by atoms with Crippen molar-refractivity contribution >= 4 is 31.0 Å². The Morgan fingerprint density at radius 2 is 1.14 bits per heavy atom. The van der Waals surface area contributed by atoms with E-state index in [2.05, 4.69) is 20.4 Å². The number of nitrogens with zero attached hydrogens (tertiary/aromatic N) is 2. The first kappa shape index (κ1) is 27.7. The standard InChI is InChI=1S/C19H38N4O3.2ClH/c1-20-9-3-11-22-13-5-17(6-14-22)25-19(24)26-18-7-15-23(16-8-18)12-4-10-21-2;;/h17-18,20-21H,3-16H2,1-2H3;2*1H.